The lowest BCUT2D eigenvalue weighted by Crippen LogP contribution is -2.48. The van der Waals surface area contributed by atoms with Crippen LogP contribution in [0.1, 0.15) is 27.8 Å². The molecule has 1 fully saturated rings. The highest BCUT2D eigenvalue weighted by atomic mass is 16.5. The Hall–Kier alpha value is -4.26. The molecule has 2 heterocycles. The van der Waals surface area contributed by atoms with Crippen molar-refractivity contribution in [2.75, 3.05) is 43.0 Å². The SMILES string of the molecule is CCOc1ccccc1C(=O)Nc1c(C(=O)N2CCN(c3ccccc3)CC2)oc2ccccc12. The van der Waals surface area contributed by atoms with Crippen LogP contribution in [0.15, 0.2) is 83.3 Å². The fraction of sp³-hybridized carbons (Fsp3) is 0.214. The molecule has 1 saturated heterocycles. The van der Waals surface area contributed by atoms with Crippen LogP contribution in [0.3, 0.4) is 0 Å². The Morgan fingerprint density at radius 3 is 2.34 bits per heavy atom. The topological polar surface area (TPSA) is 75.0 Å². The lowest BCUT2D eigenvalue weighted by atomic mass is 10.1. The van der Waals surface area contributed by atoms with Crippen LogP contribution in [0.4, 0.5) is 11.4 Å². The fourth-order valence-electron chi connectivity index (χ4n) is 4.39. The van der Waals surface area contributed by atoms with Gasteiger partial charge < -0.3 is 24.3 Å². The van der Waals surface area contributed by atoms with E-state index in [1.54, 1.807) is 29.2 Å². The highest BCUT2D eigenvalue weighted by molar-refractivity contribution is 6.15. The molecule has 7 heteroatoms. The van der Waals surface area contributed by atoms with Gasteiger partial charge in [0.05, 0.1) is 12.2 Å². The van der Waals surface area contributed by atoms with Gasteiger partial charge in [0.25, 0.3) is 11.8 Å². The number of nitrogens with one attached hydrogen (secondary N) is 1. The van der Waals surface area contributed by atoms with Gasteiger partial charge in [0.15, 0.2) is 0 Å². The van der Waals surface area contributed by atoms with Gasteiger partial charge in [-0.3, -0.25) is 9.59 Å². The number of carbonyl (C=O) groups excluding carboxylic acids is 2. The summed E-state index contributed by atoms with van der Waals surface area (Å²) >= 11 is 0. The lowest BCUT2D eigenvalue weighted by Gasteiger charge is -2.35. The number of nitrogens with zero attached hydrogens (tertiary/aromatic N) is 2. The van der Waals surface area contributed by atoms with Gasteiger partial charge in [-0.2, -0.15) is 0 Å². The summed E-state index contributed by atoms with van der Waals surface area (Å²) in [5.74, 6) is 0.0395. The van der Waals surface area contributed by atoms with Gasteiger partial charge in [0.2, 0.25) is 5.76 Å². The number of fused-ring (bicyclic) bond motifs is 1. The molecule has 7 nitrogen and oxygen atoms in total. The molecule has 0 spiro atoms. The first-order valence-electron chi connectivity index (χ1n) is 11.8. The quantitative estimate of drug-likeness (QED) is 0.428. The van der Waals surface area contributed by atoms with Crippen molar-refractivity contribution in [3.05, 3.63) is 90.2 Å². The number of benzene rings is 3. The summed E-state index contributed by atoms with van der Waals surface area (Å²) in [5.41, 5.74) is 2.47. The van der Waals surface area contributed by atoms with E-state index in [4.69, 9.17) is 9.15 Å². The Morgan fingerprint density at radius 2 is 1.57 bits per heavy atom. The molecule has 1 N–H and O–H groups in total. The Kier molecular flexibility index (Phi) is 6.39. The monoisotopic (exact) mass is 469 g/mol. The molecule has 0 bridgehead atoms. The number of amides is 2. The van der Waals surface area contributed by atoms with Crippen molar-refractivity contribution in [1.82, 2.24) is 4.90 Å². The van der Waals surface area contributed by atoms with Crippen molar-refractivity contribution in [2.45, 2.75) is 6.92 Å². The Balaban J connectivity index is 1.40. The van der Waals surface area contributed by atoms with Crippen molar-refractivity contribution in [3.8, 4) is 5.75 Å². The molecule has 1 aliphatic heterocycles. The summed E-state index contributed by atoms with van der Waals surface area (Å²) in [6.07, 6.45) is 0. The number of ether oxygens (including phenoxy) is 1. The predicted molar refractivity (Wildman–Crippen MR) is 136 cm³/mol. The maximum Gasteiger partial charge on any atom is 0.291 e. The molecule has 35 heavy (non-hydrogen) atoms. The summed E-state index contributed by atoms with van der Waals surface area (Å²) < 4.78 is 11.6. The zero-order chi connectivity index (χ0) is 24.2. The summed E-state index contributed by atoms with van der Waals surface area (Å²) in [4.78, 5) is 30.8. The minimum absolute atomic E-state index is 0.140. The minimum Gasteiger partial charge on any atom is -0.493 e. The van der Waals surface area contributed by atoms with Gasteiger partial charge in [-0.25, -0.2) is 0 Å². The Bertz CT molecular complexity index is 1340. The molecular formula is C28H27N3O4. The van der Waals surface area contributed by atoms with Crippen LogP contribution in [0, 0.1) is 0 Å². The average molecular weight is 470 g/mol. The maximum absolute atomic E-state index is 13.6. The second kappa shape index (κ2) is 9.93. The molecule has 1 aromatic heterocycles. The third-order valence-corrected chi connectivity index (χ3v) is 6.15. The van der Waals surface area contributed by atoms with E-state index in [0.717, 1.165) is 18.8 Å². The van der Waals surface area contributed by atoms with Crippen LogP contribution in [-0.4, -0.2) is 49.5 Å². The number of furan rings is 1. The molecular weight excluding hydrogens is 442 g/mol. The molecule has 0 unspecified atom stereocenters. The van der Waals surface area contributed by atoms with E-state index in [-0.39, 0.29) is 17.6 Å². The van der Waals surface area contributed by atoms with E-state index in [0.29, 0.717) is 47.7 Å². The van der Waals surface area contributed by atoms with Crippen LogP contribution in [-0.2, 0) is 0 Å². The van der Waals surface area contributed by atoms with E-state index in [1.165, 1.54) is 0 Å². The van der Waals surface area contributed by atoms with Gasteiger partial charge in [-0.05, 0) is 43.3 Å². The van der Waals surface area contributed by atoms with E-state index in [1.807, 2.05) is 49.4 Å². The van der Waals surface area contributed by atoms with Crippen LogP contribution in [0.2, 0.25) is 0 Å². The molecule has 0 saturated carbocycles. The van der Waals surface area contributed by atoms with Crippen molar-refractivity contribution < 1.29 is 18.7 Å². The van der Waals surface area contributed by atoms with Crippen LogP contribution in [0.25, 0.3) is 11.0 Å². The van der Waals surface area contributed by atoms with Crippen molar-refractivity contribution in [3.63, 3.8) is 0 Å². The predicted octanol–water partition coefficient (Wildman–Crippen LogP) is 5.05. The van der Waals surface area contributed by atoms with Gasteiger partial charge in [-0.1, -0.05) is 42.5 Å². The first-order valence-corrected chi connectivity index (χ1v) is 11.8. The van der Waals surface area contributed by atoms with Gasteiger partial charge in [0, 0.05) is 37.3 Å². The van der Waals surface area contributed by atoms with Crippen LogP contribution >= 0.6 is 0 Å². The molecule has 3 aromatic carbocycles. The molecule has 1 aliphatic rings. The zero-order valence-electron chi connectivity index (χ0n) is 19.6. The van der Waals surface area contributed by atoms with E-state index < -0.39 is 0 Å². The number of para-hydroxylation sites is 3. The van der Waals surface area contributed by atoms with Crippen molar-refractivity contribution >= 4 is 34.2 Å². The molecule has 178 valence electrons. The molecule has 2 amide bonds. The first kappa shape index (κ1) is 22.5. The second-order valence-corrected chi connectivity index (χ2v) is 8.30. The first-order chi connectivity index (χ1) is 17.2. The van der Waals surface area contributed by atoms with Gasteiger partial charge in [0.1, 0.15) is 17.0 Å². The molecule has 5 rings (SSSR count). The Labute approximate surface area is 203 Å². The second-order valence-electron chi connectivity index (χ2n) is 8.30. The van der Waals surface area contributed by atoms with E-state index >= 15 is 0 Å². The van der Waals surface area contributed by atoms with E-state index in [2.05, 4.69) is 22.3 Å². The highest BCUT2D eigenvalue weighted by Gasteiger charge is 2.29. The number of carbonyl (C=O) groups is 2. The van der Waals surface area contributed by atoms with Crippen LogP contribution in [0.5, 0.6) is 5.75 Å². The average Bonchev–Trinajstić information content (AvgIpc) is 3.27. The molecule has 0 aliphatic carbocycles. The zero-order valence-corrected chi connectivity index (χ0v) is 19.6. The summed E-state index contributed by atoms with van der Waals surface area (Å²) in [6.45, 7) is 4.87. The van der Waals surface area contributed by atoms with Crippen molar-refractivity contribution in [2.24, 2.45) is 0 Å². The normalized spacial score (nSPS) is 13.6. The highest BCUT2D eigenvalue weighted by Crippen LogP contribution is 2.33. The fourth-order valence-corrected chi connectivity index (χ4v) is 4.39. The largest absolute Gasteiger partial charge is 0.493 e. The standard InChI is InChI=1S/C28H27N3O4/c1-2-34-23-14-8-7-13-22(23)27(32)29-25-21-12-6-9-15-24(21)35-26(25)28(33)31-18-16-30(17-19-31)20-10-4-3-5-11-20/h3-15H,2,16-19H2,1H3,(H,29,32). The molecule has 4 aromatic rings. The third-order valence-electron chi connectivity index (χ3n) is 6.15. The maximum atomic E-state index is 13.6. The molecule has 0 atom stereocenters. The van der Waals surface area contributed by atoms with Crippen molar-refractivity contribution in [1.29, 1.82) is 0 Å². The summed E-state index contributed by atoms with van der Waals surface area (Å²) in [7, 11) is 0. The number of hydrogen-bond acceptors (Lipinski definition) is 5. The third kappa shape index (κ3) is 4.57. The minimum atomic E-state index is -0.358. The molecule has 0 radical (unpaired) electrons. The smallest absolute Gasteiger partial charge is 0.291 e. The Morgan fingerprint density at radius 1 is 0.886 bits per heavy atom. The van der Waals surface area contributed by atoms with Crippen LogP contribution < -0.4 is 15.0 Å². The van der Waals surface area contributed by atoms with E-state index in [9.17, 15) is 9.59 Å². The van der Waals surface area contributed by atoms with Gasteiger partial charge in [-0.15, -0.1) is 0 Å². The number of rotatable bonds is 6. The lowest BCUT2D eigenvalue weighted by molar-refractivity contribution is 0.0718. The number of anilines is 2. The number of hydrogen-bond donors (Lipinski definition) is 1. The van der Waals surface area contributed by atoms with Gasteiger partial charge >= 0.3 is 0 Å². The summed E-state index contributed by atoms with van der Waals surface area (Å²) in [5, 5.41) is 3.61. The summed E-state index contributed by atoms with van der Waals surface area (Å²) in [6, 6.07) is 24.6. The number of piperazine rings is 1.